The van der Waals surface area contributed by atoms with Crippen LogP contribution in [0.5, 0.6) is 11.5 Å². The number of amides is 1. The van der Waals surface area contributed by atoms with Gasteiger partial charge < -0.3 is 20.3 Å². The molecule has 1 amide bonds. The number of phenols is 1. The van der Waals surface area contributed by atoms with Crippen molar-refractivity contribution < 1.29 is 19.7 Å². The highest BCUT2D eigenvalue weighted by Crippen LogP contribution is 2.41. The Balaban J connectivity index is 3.10. The first kappa shape index (κ1) is 18.1. The normalized spacial score (nSPS) is 12.1. The Morgan fingerprint density at radius 1 is 1.09 bits per heavy atom. The van der Waals surface area contributed by atoms with E-state index in [0.717, 1.165) is 11.1 Å². The van der Waals surface area contributed by atoms with Gasteiger partial charge in [0.05, 0.1) is 6.54 Å². The zero-order valence-corrected chi connectivity index (χ0v) is 14.3. The molecule has 0 bridgehead atoms. The van der Waals surface area contributed by atoms with E-state index in [1.807, 2.05) is 53.7 Å². The summed E-state index contributed by atoms with van der Waals surface area (Å²) in [6.07, 6.45) is -1.07. The Hall–Kier alpha value is -1.91. The van der Waals surface area contributed by atoms with Crippen molar-refractivity contribution >= 4 is 6.09 Å². The van der Waals surface area contributed by atoms with Crippen LogP contribution in [-0.2, 0) is 10.8 Å². The van der Waals surface area contributed by atoms with Crippen molar-refractivity contribution in [2.45, 2.75) is 52.4 Å². The van der Waals surface area contributed by atoms with Crippen LogP contribution in [0.1, 0.15) is 52.7 Å². The summed E-state index contributed by atoms with van der Waals surface area (Å²) >= 11 is 0. The maximum Gasteiger partial charge on any atom is 0.404 e. The molecule has 3 N–H and O–H groups in total. The zero-order valence-electron chi connectivity index (χ0n) is 14.3. The van der Waals surface area contributed by atoms with Gasteiger partial charge in [-0.05, 0) is 23.0 Å². The van der Waals surface area contributed by atoms with Gasteiger partial charge in [-0.25, -0.2) is 4.79 Å². The molecule has 0 aliphatic heterocycles. The van der Waals surface area contributed by atoms with E-state index in [1.165, 1.54) is 0 Å². The van der Waals surface area contributed by atoms with Crippen molar-refractivity contribution in [3.8, 4) is 11.5 Å². The van der Waals surface area contributed by atoms with Crippen LogP contribution < -0.4 is 10.1 Å². The van der Waals surface area contributed by atoms with E-state index in [1.54, 1.807) is 0 Å². The summed E-state index contributed by atoms with van der Waals surface area (Å²) in [5.74, 6) is 0.941. The van der Waals surface area contributed by atoms with Crippen molar-refractivity contribution in [2.75, 3.05) is 13.2 Å². The number of ether oxygens (including phenoxy) is 1. The second kappa shape index (κ2) is 6.46. The van der Waals surface area contributed by atoms with Gasteiger partial charge in [-0.15, -0.1) is 0 Å². The second-order valence-corrected chi connectivity index (χ2v) is 7.45. The summed E-state index contributed by atoms with van der Waals surface area (Å²) in [5.41, 5.74) is 1.20. The molecule has 0 radical (unpaired) electrons. The van der Waals surface area contributed by atoms with Crippen LogP contribution in [0.4, 0.5) is 4.79 Å². The summed E-state index contributed by atoms with van der Waals surface area (Å²) in [4.78, 5) is 10.4. The van der Waals surface area contributed by atoms with Crippen LogP contribution in [0, 0.1) is 0 Å². The molecule has 22 heavy (non-hydrogen) atoms. The highest BCUT2D eigenvalue weighted by Gasteiger charge is 2.26. The summed E-state index contributed by atoms with van der Waals surface area (Å²) in [5, 5.41) is 21.4. The maximum absolute atomic E-state index is 10.6. The molecule has 0 aliphatic rings. The standard InChI is InChI=1S/C17H27NO4/c1-16(2,3)12-9-11(22-8-7-18-15(20)21)10-13(14(12)19)17(4,5)6/h9-10,18-19H,7-8H2,1-6H3,(H,20,21). The van der Waals surface area contributed by atoms with Crippen molar-refractivity contribution in [3.05, 3.63) is 23.3 Å². The Kier molecular flexibility index (Phi) is 5.33. The molecule has 0 spiro atoms. The molecule has 0 fully saturated rings. The quantitative estimate of drug-likeness (QED) is 0.742. The van der Waals surface area contributed by atoms with Crippen LogP contribution in [0.2, 0.25) is 0 Å². The van der Waals surface area contributed by atoms with Gasteiger partial charge in [-0.3, -0.25) is 0 Å². The van der Waals surface area contributed by atoms with E-state index >= 15 is 0 Å². The first-order valence-electron chi connectivity index (χ1n) is 7.40. The van der Waals surface area contributed by atoms with Gasteiger partial charge in [0.25, 0.3) is 0 Å². The molecule has 5 nitrogen and oxygen atoms in total. The molecule has 0 unspecified atom stereocenters. The lowest BCUT2D eigenvalue weighted by molar-refractivity contribution is 0.191. The highest BCUT2D eigenvalue weighted by atomic mass is 16.5. The third kappa shape index (κ3) is 4.83. The predicted octanol–water partition coefficient (Wildman–Crippen LogP) is 3.63. The molecule has 1 rings (SSSR count). The average molecular weight is 309 g/mol. The first-order valence-corrected chi connectivity index (χ1v) is 7.40. The molecular formula is C17H27NO4. The van der Waals surface area contributed by atoms with Crippen molar-refractivity contribution in [2.24, 2.45) is 0 Å². The Bertz CT molecular complexity index is 504. The second-order valence-electron chi connectivity index (χ2n) is 7.45. The monoisotopic (exact) mass is 309 g/mol. The third-order valence-electron chi connectivity index (χ3n) is 3.35. The molecule has 5 heteroatoms. The molecule has 1 aromatic rings. The van der Waals surface area contributed by atoms with Crippen molar-refractivity contribution in [3.63, 3.8) is 0 Å². The van der Waals surface area contributed by atoms with Crippen molar-refractivity contribution in [1.82, 2.24) is 5.32 Å². The third-order valence-corrected chi connectivity index (χ3v) is 3.35. The van der Waals surface area contributed by atoms with E-state index in [0.29, 0.717) is 11.5 Å². The number of rotatable bonds is 4. The summed E-state index contributed by atoms with van der Waals surface area (Å²) < 4.78 is 5.65. The summed E-state index contributed by atoms with van der Waals surface area (Å²) in [6.45, 7) is 12.6. The van der Waals surface area contributed by atoms with Crippen LogP contribution in [0.15, 0.2) is 12.1 Å². The molecule has 0 saturated carbocycles. The minimum Gasteiger partial charge on any atom is -0.507 e. The van der Waals surface area contributed by atoms with Gasteiger partial charge in [0, 0.05) is 11.1 Å². The summed E-state index contributed by atoms with van der Waals surface area (Å²) in [7, 11) is 0. The molecular weight excluding hydrogens is 282 g/mol. The predicted molar refractivity (Wildman–Crippen MR) is 87.0 cm³/mol. The number of aromatic hydroxyl groups is 1. The van der Waals surface area contributed by atoms with E-state index in [9.17, 15) is 9.90 Å². The Morgan fingerprint density at radius 2 is 1.55 bits per heavy atom. The van der Waals surface area contributed by atoms with Crippen LogP contribution in [0.25, 0.3) is 0 Å². The van der Waals surface area contributed by atoms with Gasteiger partial charge in [0.2, 0.25) is 0 Å². The minimum absolute atomic E-state index is 0.214. The Labute approximate surface area is 132 Å². The minimum atomic E-state index is -1.07. The number of hydrogen-bond donors (Lipinski definition) is 3. The number of nitrogens with one attached hydrogen (secondary N) is 1. The maximum atomic E-state index is 10.6. The van der Waals surface area contributed by atoms with Crippen LogP contribution in [0.3, 0.4) is 0 Å². The van der Waals surface area contributed by atoms with E-state index in [4.69, 9.17) is 9.84 Å². The van der Waals surface area contributed by atoms with Gasteiger partial charge in [-0.1, -0.05) is 41.5 Å². The molecule has 0 aliphatic carbocycles. The average Bonchev–Trinajstić information content (AvgIpc) is 2.33. The smallest absolute Gasteiger partial charge is 0.404 e. The topological polar surface area (TPSA) is 78.8 Å². The fraction of sp³-hybridized carbons (Fsp3) is 0.588. The number of hydrogen-bond acceptors (Lipinski definition) is 3. The zero-order chi connectivity index (χ0) is 17.1. The van der Waals surface area contributed by atoms with Gasteiger partial charge >= 0.3 is 6.09 Å². The van der Waals surface area contributed by atoms with Gasteiger partial charge in [0.1, 0.15) is 18.1 Å². The number of benzene rings is 1. The van der Waals surface area contributed by atoms with Gasteiger partial charge in [0.15, 0.2) is 0 Å². The fourth-order valence-corrected chi connectivity index (χ4v) is 2.16. The molecule has 1 aromatic carbocycles. The fourth-order valence-electron chi connectivity index (χ4n) is 2.16. The lowest BCUT2D eigenvalue weighted by Gasteiger charge is -2.28. The molecule has 124 valence electrons. The Morgan fingerprint density at radius 3 is 1.91 bits per heavy atom. The molecule has 0 aromatic heterocycles. The largest absolute Gasteiger partial charge is 0.507 e. The number of phenolic OH excluding ortho intramolecular Hbond substituents is 1. The van der Waals surface area contributed by atoms with E-state index in [-0.39, 0.29) is 24.0 Å². The SMILES string of the molecule is CC(C)(C)c1cc(OCCNC(=O)O)cc(C(C)(C)C)c1O. The molecule has 0 heterocycles. The van der Waals surface area contributed by atoms with Gasteiger partial charge in [-0.2, -0.15) is 0 Å². The molecule has 0 atom stereocenters. The van der Waals surface area contributed by atoms with E-state index in [2.05, 4.69) is 5.32 Å². The first-order chi connectivity index (χ1) is 9.93. The molecule has 0 saturated heterocycles. The van der Waals surface area contributed by atoms with Crippen LogP contribution >= 0.6 is 0 Å². The number of carboxylic acid groups (broad SMARTS) is 1. The lowest BCUT2D eigenvalue weighted by atomic mass is 9.79. The van der Waals surface area contributed by atoms with Crippen LogP contribution in [-0.4, -0.2) is 29.5 Å². The highest BCUT2D eigenvalue weighted by molar-refractivity contribution is 5.64. The van der Waals surface area contributed by atoms with E-state index < -0.39 is 6.09 Å². The summed E-state index contributed by atoms with van der Waals surface area (Å²) in [6, 6.07) is 3.65. The lowest BCUT2D eigenvalue weighted by Crippen LogP contribution is -2.26. The van der Waals surface area contributed by atoms with Crippen molar-refractivity contribution in [1.29, 1.82) is 0 Å². The number of carbonyl (C=O) groups is 1.